The predicted octanol–water partition coefficient (Wildman–Crippen LogP) is 0.126. The van der Waals surface area contributed by atoms with Gasteiger partial charge in [0.05, 0.1) is 6.20 Å². The zero-order valence-electron chi connectivity index (χ0n) is 6.11. The Labute approximate surface area is 63.0 Å². The fourth-order valence-corrected chi connectivity index (χ4v) is 0.629. The van der Waals surface area contributed by atoms with Crippen molar-refractivity contribution < 1.29 is 5.11 Å². The third-order valence-electron chi connectivity index (χ3n) is 1.08. The summed E-state index contributed by atoms with van der Waals surface area (Å²) in [5, 5.41) is 12.5. The van der Waals surface area contributed by atoms with Crippen molar-refractivity contribution in [3.05, 3.63) is 16.7 Å². The van der Waals surface area contributed by atoms with Gasteiger partial charge in [0.2, 0.25) is 5.88 Å². The number of hydrogen-bond acceptors (Lipinski definition) is 3. The molecule has 1 aromatic heterocycles. The van der Waals surface area contributed by atoms with Crippen LogP contribution in [0.2, 0.25) is 0 Å². The molecule has 0 aliphatic heterocycles. The van der Waals surface area contributed by atoms with Crippen LogP contribution in [-0.4, -0.2) is 21.0 Å². The number of aromatic nitrogens is 2. The second-order valence-electron chi connectivity index (χ2n) is 2.00. The molecule has 60 valence electrons. The molecule has 0 aliphatic carbocycles. The van der Waals surface area contributed by atoms with Crippen molar-refractivity contribution in [2.45, 2.75) is 13.3 Å². The van der Waals surface area contributed by atoms with Gasteiger partial charge in [-0.15, -0.1) is 0 Å². The maximum Gasteiger partial charge on any atom is 0.349 e. The number of imidazole rings is 1. The van der Waals surface area contributed by atoms with E-state index >= 15 is 0 Å². The molecular weight excluding hydrogens is 146 g/mol. The molecule has 0 aliphatic rings. The Hall–Kier alpha value is -1.52. The van der Waals surface area contributed by atoms with E-state index in [0.29, 0.717) is 0 Å². The topological polar surface area (TPSA) is 70.4 Å². The Kier molecular flexibility index (Phi) is 2.10. The Balaban J connectivity index is 2.95. The minimum Gasteiger partial charge on any atom is -0.493 e. The fourth-order valence-electron chi connectivity index (χ4n) is 0.629. The second kappa shape index (κ2) is 3.05. The Morgan fingerprint density at radius 1 is 1.91 bits per heavy atom. The maximum absolute atomic E-state index is 10.8. The zero-order valence-corrected chi connectivity index (χ0v) is 6.11. The van der Waals surface area contributed by atoms with Crippen LogP contribution in [-0.2, 0) is 0 Å². The lowest BCUT2D eigenvalue weighted by molar-refractivity contribution is 0.455. The SMILES string of the molecule is CCC=Nn1cc(O)[nH]c1=O. The molecule has 0 fully saturated rings. The van der Waals surface area contributed by atoms with Crippen LogP contribution in [0.25, 0.3) is 0 Å². The van der Waals surface area contributed by atoms with Crippen molar-refractivity contribution in [3.63, 3.8) is 0 Å². The molecule has 5 heteroatoms. The lowest BCUT2D eigenvalue weighted by Crippen LogP contribution is -2.11. The van der Waals surface area contributed by atoms with Crippen LogP contribution in [0.15, 0.2) is 16.1 Å². The van der Waals surface area contributed by atoms with E-state index < -0.39 is 5.69 Å². The first kappa shape index (κ1) is 7.59. The summed E-state index contributed by atoms with van der Waals surface area (Å²) in [5.74, 6) is -0.178. The van der Waals surface area contributed by atoms with E-state index in [1.165, 1.54) is 6.20 Å². The van der Waals surface area contributed by atoms with E-state index in [-0.39, 0.29) is 5.88 Å². The predicted molar refractivity (Wildman–Crippen MR) is 40.9 cm³/mol. The van der Waals surface area contributed by atoms with Gasteiger partial charge < -0.3 is 5.11 Å². The van der Waals surface area contributed by atoms with Gasteiger partial charge in [0.1, 0.15) is 0 Å². The second-order valence-corrected chi connectivity index (χ2v) is 2.00. The van der Waals surface area contributed by atoms with E-state index in [1.807, 2.05) is 6.92 Å². The summed E-state index contributed by atoms with van der Waals surface area (Å²) in [5.41, 5.74) is -0.438. The minimum absolute atomic E-state index is 0.178. The van der Waals surface area contributed by atoms with Crippen LogP contribution in [0.1, 0.15) is 13.3 Å². The van der Waals surface area contributed by atoms with Crippen molar-refractivity contribution in [2.75, 3.05) is 0 Å². The Morgan fingerprint density at radius 2 is 2.64 bits per heavy atom. The lowest BCUT2D eigenvalue weighted by Gasteiger charge is -1.84. The monoisotopic (exact) mass is 155 g/mol. The summed E-state index contributed by atoms with van der Waals surface area (Å²) >= 11 is 0. The highest BCUT2D eigenvalue weighted by Crippen LogP contribution is 1.96. The first-order valence-corrected chi connectivity index (χ1v) is 3.27. The van der Waals surface area contributed by atoms with Gasteiger partial charge in [0.15, 0.2) is 0 Å². The van der Waals surface area contributed by atoms with E-state index in [9.17, 15) is 4.79 Å². The molecule has 0 saturated carbocycles. The molecule has 0 aromatic carbocycles. The standard InChI is InChI=1S/C6H9N3O2/c1-2-3-7-9-4-5(10)8-6(9)11/h3-4,10H,2H2,1H3,(H,8,11). The molecule has 0 radical (unpaired) electrons. The average Bonchev–Trinajstić information content (AvgIpc) is 2.26. The van der Waals surface area contributed by atoms with Crippen molar-refractivity contribution in [1.29, 1.82) is 0 Å². The van der Waals surface area contributed by atoms with Gasteiger partial charge >= 0.3 is 5.69 Å². The van der Waals surface area contributed by atoms with Gasteiger partial charge in [0, 0.05) is 6.21 Å². The van der Waals surface area contributed by atoms with Gasteiger partial charge in [0.25, 0.3) is 0 Å². The first-order valence-electron chi connectivity index (χ1n) is 3.27. The highest BCUT2D eigenvalue weighted by molar-refractivity contribution is 5.56. The number of nitrogens with zero attached hydrogens (tertiary/aromatic N) is 2. The summed E-state index contributed by atoms with van der Waals surface area (Å²) in [6.07, 6.45) is 3.54. The van der Waals surface area contributed by atoms with E-state index in [0.717, 1.165) is 11.1 Å². The average molecular weight is 155 g/mol. The van der Waals surface area contributed by atoms with Gasteiger partial charge in [-0.05, 0) is 6.42 Å². The van der Waals surface area contributed by atoms with Crippen LogP contribution in [0.3, 0.4) is 0 Å². The van der Waals surface area contributed by atoms with Crippen molar-refractivity contribution in [2.24, 2.45) is 5.10 Å². The fraction of sp³-hybridized carbons (Fsp3) is 0.333. The highest BCUT2D eigenvalue weighted by Gasteiger charge is 1.96. The number of aromatic amines is 1. The first-order chi connectivity index (χ1) is 5.24. The van der Waals surface area contributed by atoms with Crippen LogP contribution in [0.4, 0.5) is 0 Å². The Bertz CT molecular complexity index is 310. The van der Waals surface area contributed by atoms with E-state index in [4.69, 9.17) is 5.11 Å². The smallest absolute Gasteiger partial charge is 0.349 e. The zero-order chi connectivity index (χ0) is 8.27. The molecule has 0 bridgehead atoms. The van der Waals surface area contributed by atoms with E-state index in [1.54, 1.807) is 6.21 Å². The lowest BCUT2D eigenvalue weighted by atomic mass is 10.6. The number of aromatic hydroxyl groups is 1. The van der Waals surface area contributed by atoms with Crippen LogP contribution in [0.5, 0.6) is 5.88 Å². The quantitative estimate of drug-likeness (QED) is 0.596. The van der Waals surface area contributed by atoms with Crippen LogP contribution >= 0.6 is 0 Å². The van der Waals surface area contributed by atoms with E-state index in [2.05, 4.69) is 10.1 Å². The summed E-state index contributed by atoms with van der Waals surface area (Å²) in [7, 11) is 0. The van der Waals surface area contributed by atoms with Crippen molar-refractivity contribution in [1.82, 2.24) is 9.66 Å². The third kappa shape index (κ3) is 1.70. The number of hydrogen-bond donors (Lipinski definition) is 2. The normalized spacial score (nSPS) is 11.0. The molecule has 1 rings (SSSR count). The molecule has 0 amide bonds. The van der Waals surface area contributed by atoms with Gasteiger partial charge in [-0.3, -0.25) is 4.98 Å². The largest absolute Gasteiger partial charge is 0.493 e. The molecule has 11 heavy (non-hydrogen) atoms. The van der Waals surface area contributed by atoms with Crippen LogP contribution < -0.4 is 5.69 Å². The molecule has 2 N–H and O–H groups in total. The van der Waals surface area contributed by atoms with Crippen molar-refractivity contribution in [3.8, 4) is 5.88 Å². The van der Waals surface area contributed by atoms with Crippen molar-refractivity contribution >= 4 is 6.21 Å². The number of rotatable bonds is 2. The number of nitrogens with one attached hydrogen (secondary N) is 1. The third-order valence-corrected chi connectivity index (χ3v) is 1.08. The summed E-state index contributed by atoms with van der Waals surface area (Å²) in [4.78, 5) is 12.9. The molecule has 1 heterocycles. The Morgan fingerprint density at radius 3 is 3.09 bits per heavy atom. The summed E-state index contributed by atoms with van der Waals surface area (Å²) < 4.78 is 1.04. The molecule has 0 saturated heterocycles. The van der Waals surface area contributed by atoms with Crippen LogP contribution in [0, 0.1) is 0 Å². The molecular formula is C6H9N3O2. The van der Waals surface area contributed by atoms with Gasteiger partial charge in [-0.2, -0.15) is 9.78 Å². The van der Waals surface area contributed by atoms with Gasteiger partial charge in [-0.25, -0.2) is 4.79 Å². The molecule has 0 atom stereocenters. The molecule has 0 unspecified atom stereocenters. The molecule has 1 aromatic rings. The minimum atomic E-state index is -0.438. The summed E-state index contributed by atoms with van der Waals surface area (Å²) in [6, 6.07) is 0. The highest BCUT2D eigenvalue weighted by atomic mass is 16.3. The molecule has 5 nitrogen and oxygen atoms in total. The van der Waals surface area contributed by atoms with Gasteiger partial charge in [-0.1, -0.05) is 6.92 Å². The summed E-state index contributed by atoms with van der Waals surface area (Å²) in [6.45, 7) is 1.90. The number of H-pyrrole nitrogens is 1. The molecule has 0 spiro atoms. The maximum atomic E-state index is 10.8.